The fourth-order valence-electron chi connectivity index (χ4n) is 1.44. The van der Waals surface area contributed by atoms with Gasteiger partial charge in [0.2, 0.25) is 0 Å². The molecule has 0 bridgehead atoms. The van der Waals surface area contributed by atoms with Crippen molar-refractivity contribution in [1.29, 1.82) is 0 Å². The van der Waals surface area contributed by atoms with E-state index in [1.165, 1.54) is 0 Å². The summed E-state index contributed by atoms with van der Waals surface area (Å²) in [5.74, 6) is 0.0818. The minimum Gasteiger partial charge on any atom is -0.322 e. The van der Waals surface area contributed by atoms with Crippen molar-refractivity contribution in [3.8, 4) is 0 Å². The van der Waals surface area contributed by atoms with Gasteiger partial charge in [0.05, 0.1) is 0 Å². The maximum atomic E-state index is 12.0. The molecule has 0 atom stereocenters. The van der Waals surface area contributed by atoms with Gasteiger partial charge in [-0.05, 0) is 19.1 Å². The summed E-state index contributed by atoms with van der Waals surface area (Å²) in [7, 11) is 0. The lowest BCUT2D eigenvalue weighted by atomic mass is 10.1. The molecule has 0 saturated heterocycles. The zero-order valence-electron chi connectivity index (χ0n) is 10.1. The van der Waals surface area contributed by atoms with E-state index in [1.54, 1.807) is 31.2 Å². The Hall–Kier alpha value is -1.81. The third-order valence-electron chi connectivity index (χ3n) is 2.32. The molecule has 18 heavy (non-hydrogen) atoms. The van der Waals surface area contributed by atoms with Gasteiger partial charge in [-0.15, -0.1) is 0 Å². The quantitative estimate of drug-likeness (QED) is 0.370. The Balaban J connectivity index is 2.92. The largest absolute Gasteiger partial charge is 0.322 e. The predicted octanol–water partition coefficient (Wildman–Crippen LogP) is 2.63. The Labute approximate surface area is 112 Å². The number of rotatable bonds is 5. The highest BCUT2D eigenvalue weighted by atomic mass is 32.1. The first-order chi connectivity index (χ1) is 8.72. The van der Waals surface area contributed by atoms with Crippen LogP contribution in [-0.2, 0) is 9.59 Å². The van der Waals surface area contributed by atoms with E-state index in [9.17, 15) is 9.59 Å². The highest BCUT2D eigenvalue weighted by molar-refractivity contribution is 7.80. The molecule has 0 unspecified atom stereocenters. The summed E-state index contributed by atoms with van der Waals surface area (Å²) >= 11 is 4.05. The third kappa shape index (κ3) is 3.89. The minimum absolute atomic E-state index is 0.310. The van der Waals surface area contributed by atoms with Crippen LogP contribution in [0.4, 0.5) is 5.69 Å². The van der Waals surface area contributed by atoms with Gasteiger partial charge in [0.15, 0.2) is 6.29 Å². The van der Waals surface area contributed by atoms with Gasteiger partial charge in [0.25, 0.3) is 5.91 Å². The van der Waals surface area contributed by atoms with E-state index in [0.29, 0.717) is 28.9 Å². The number of para-hydroxylation sites is 1. The minimum atomic E-state index is -0.310. The number of nitrogens with one attached hydrogen (secondary N) is 1. The van der Waals surface area contributed by atoms with Crippen molar-refractivity contribution in [3.05, 3.63) is 53.6 Å². The molecule has 4 heteroatoms. The van der Waals surface area contributed by atoms with Crippen LogP contribution in [-0.4, -0.2) is 17.9 Å². The average molecular weight is 261 g/mol. The molecule has 94 valence electrons. The molecule has 0 aromatic heterocycles. The number of hydrogen-bond donors (Lipinski definition) is 2. The van der Waals surface area contributed by atoms with Crippen molar-refractivity contribution < 1.29 is 9.59 Å². The lowest BCUT2D eigenvalue weighted by Crippen LogP contribution is -2.16. The molecule has 1 aromatic rings. The number of amides is 1. The summed E-state index contributed by atoms with van der Waals surface area (Å²) in [6, 6.07) is 9.09. The molecule has 0 spiro atoms. The van der Waals surface area contributed by atoms with E-state index in [1.807, 2.05) is 18.2 Å². The Morgan fingerprint density at radius 1 is 1.33 bits per heavy atom. The molecular formula is C14H15NO2S. The fourth-order valence-corrected chi connectivity index (χ4v) is 1.62. The molecule has 0 radical (unpaired) electrons. The first-order valence-electron chi connectivity index (χ1n) is 5.52. The molecule has 1 rings (SSSR count). The zero-order valence-corrected chi connectivity index (χ0v) is 11.0. The van der Waals surface area contributed by atoms with Crippen LogP contribution in [0.1, 0.15) is 6.92 Å². The lowest BCUT2D eigenvalue weighted by Gasteiger charge is -2.08. The monoisotopic (exact) mass is 261 g/mol. The number of hydrogen-bond acceptors (Lipinski definition) is 3. The summed E-state index contributed by atoms with van der Waals surface area (Å²) in [5.41, 5.74) is 1.39. The highest BCUT2D eigenvalue weighted by Gasteiger charge is 2.13. The fraction of sp³-hybridized carbons (Fsp3) is 0.143. The number of carbonyl (C=O) groups is 2. The van der Waals surface area contributed by atoms with Crippen molar-refractivity contribution in [1.82, 2.24) is 0 Å². The van der Waals surface area contributed by atoms with E-state index in [-0.39, 0.29) is 5.91 Å². The van der Waals surface area contributed by atoms with E-state index in [2.05, 4.69) is 17.9 Å². The third-order valence-corrected chi connectivity index (χ3v) is 2.50. The van der Waals surface area contributed by atoms with Crippen LogP contribution in [0.5, 0.6) is 0 Å². The van der Waals surface area contributed by atoms with Crippen molar-refractivity contribution in [2.45, 2.75) is 6.92 Å². The summed E-state index contributed by atoms with van der Waals surface area (Å²) in [6.45, 7) is 1.71. The van der Waals surface area contributed by atoms with Crippen LogP contribution in [0.3, 0.4) is 0 Å². The predicted molar refractivity (Wildman–Crippen MR) is 76.8 cm³/mol. The molecule has 0 heterocycles. The average Bonchev–Trinajstić information content (AvgIpc) is 2.40. The lowest BCUT2D eigenvalue weighted by molar-refractivity contribution is -0.113. The van der Waals surface area contributed by atoms with Crippen LogP contribution in [0.2, 0.25) is 0 Å². The Morgan fingerprint density at radius 3 is 2.50 bits per heavy atom. The maximum absolute atomic E-state index is 12.0. The van der Waals surface area contributed by atoms with Gasteiger partial charge in [0, 0.05) is 22.6 Å². The van der Waals surface area contributed by atoms with Crippen molar-refractivity contribution in [2.75, 3.05) is 11.1 Å². The topological polar surface area (TPSA) is 46.2 Å². The SMILES string of the molecule is C/C=C(C=O)\C(=C/CS)C(=O)Nc1ccccc1. The highest BCUT2D eigenvalue weighted by Crippen LogP contribution is 2.13. The molecule has 0 aliphatic rings. The summed E-state index contributed by atoms with van der Waals surface area (Å²) < 4.78 is 0. The van der Waals surface area contributed by atoms with Crippen LogP contribution < -0.4 is 5.32 Å². The first kappa shape index (κ1) is 14.3. The van der Waals surface area contributed by atoms with Crippen LogP contribution >= 0.6 is 12.6 Å². The summed E-state index contributed by atoms with van der Waals surface area (Å²) in [6.07, 6.45) is 3.89. The van der Waals surface area contributed by atoms with Gasteiger partial charge in [-0.1, -0.05) is 30.4 Å². The molecule has 0 aliphatic carbocycles. The van der Waals surface area contributed by atoms with Gasteiger partial charge in [0.1, 0.15) is 0 Å². The molecule has 0 fully saturated rings. The van der Waals surface area contributed by atoms with Gasteiger partial charge in [-0.2, -0.15) is 12.6 Å². The first-order valence-corrected chi connectivity index (χ1v) is 6.15. The number of benzene rings is 1. The molecule has 0 aliphatic heterocycles. The molecule has 1 amide bonds. The van der Waals surface area contributed by atoms with Crippen molar-refractivity contribution >= 4 is 30.5 Å². The van der Waals surface area contributed by atoms with E-state index in [0.717, 1.165) is 0 Å². The van der Waals surface area contributed by atoms with Gasteiger partial charge in [-0.3, -0.25) is 9.59 Å². The standard InChI is InChI=1S/C14H15NO2S/c1-2-11(10-16)13(8-9-18)14(17)15-12-6-4-3-5-7-12/h2-8,10,18H,9H2,1H3,(H,15,17)/b11-2-,13-8+. The maximum Gasteiger partial charge on any atom is 0.256 e. The Morgan fingerprint density at radius 2 is 2.00 bits per heavy atom. The number of aldehydes is 1. The second-order valence-electron chi connectivity index (χ2n) is 3.48. The van der Waals surface area contributed by atoms with Crippen molar-refractivity contribution in [2.24, 2.45) is 0 Å². The van der Waals surface area contributed by atoms with Gasteiger partial charge < -0.3 is 5.32 Å². The van der Waals surface area contributed by atoms with Crippen LogP contribution in [0.25, 0.3) is 0 Å². The number of carbonyl (C=O) groups excluding carboxylic acids is 2. The second-order valence-corrected chi connectivity index (χ2v) is 3.85. The number of thiol groups is 1. The van der Waals surface area contributed by atoms with Crippen LogP contribution in [0.15, 0.2) is 53.6 Å². The number of allylic oxidation sites excluding steroid dienone is 1. The zero-order chi connectivity index (χ0) is 13.4. The number of anilines is 1. The Bertz CT molecular complexity index is 478. The van der Waals surface area contributed by atoms with E-state index >= 15 is 0 Å². The molecule has 1 aromatic carbocycles. The molecular weight excluding hydrogens is 246 g/mol. The normalized spacial score (nSPS) is 12.1. The summed E-state index contributed by atoms with van der Waals surface area (Å²) in [4.78, 5) is 22.9. The molecule has 1 N–H and O–H groups in total. The Kier molecular flexibility index (Phi) is 5.94. The van der Waals surface area contributed by atoms with E-state index in [4.69, 9.17) is 0 Å². The molecule has 0 saturated carbocycles. The summed E-state index contributed by atoms with van der Waals surface area (Å²) in [5, 5.41) is 2.74. The second kappa shape index (κ2) is 7.50. The van der Waals surface area contributed by atoms with Gasteiger partial charge >= 0.3 is 0 Å². The van der Waals surface area contributed by atoms with Gasteiger partial charge in [-0.25, -0.2) is 0 Å². The smallest absolute Gasteiger partial charge is 0.256 e. The van der Waals surface area contributed by atoms with Crippen molar-refractivity contribution in [3.63, 3.8) is 0 Å². The van der Waals surface area contributed by atoms with E-state index < -0.39 is 0 Å². The molecule has 3 nitrogen and oxygen atoms in total. The van der Waals surface area contributed by atoms with Crippen LogP contribution in [0, 0.1) is 0 Å².